The van der Waals surface area contributed by atoms with Crippen molar-refractivity contribution < 1.29 is 9.53 Å². The molecule has 138 valence electrons. The lowest BCUT2D eigenvalue weighted by atomic mass is 9.64. The van der Waals surface area contributed by atoms with E-state index in [0.29, 0.717) is 18.1 Å². The van der Waals surface area contributed by atoms with Crippen molar-refractivity contribution >= 4 is 12.3 Å². The Morgan fingerprint density at radius 3 is 2.72 bits per heavy atom. The van der Waals surface area contributed by atoms with Gasteiger partial charge in [0, 0.05) is 51.9 Å². The first kappa shape index (κ1) is 15.9. The Morgan fingerprint density at radius 2 is 2.08 bits per heavy atom. The van der Waals surface area contributed by atoms with Gasteiger partial charge in [-0.05, 0) is 49.4 Å². The molecule has 2 saturated heterocycles. The number of amides is 1. The van der Waals surface area contributed by atoms with E-state index in [9.17, 15) is 4.79 Å². The minimum atomic E-state index is -0.115. The van der Waals surface area contributed by atoms with Gasteiger partial charge in [-0.3, -0.25) is 9.91 Å². The molecule has 2 saturated carbocycles. The van der Waals surface area contributed by atoms with Crippen molar-refractivity contribution in [3.05, 3.63) is 0 Å². The Bertz CT molecular complexity index is 576. The summed E-state index contributed by atoms with van der Waals surface area (Å²) >= 11 is 0. The average Bonchev–Trinajstić information content (AvgIpc) is 3.03. The van der Waals surface area contributed by atoms with Gasteiger partial charge in [-0.2, -0.15) is 5.10 Å². The maximum Gasteiger partial charge on any atom is 0.409 e. The summed E-state index contributed by atoms with van der Waals surface area (Å²) in [7, 11) is 2.13. The molecule has 2 aliphatic carbocycles. The molecule has 6 heteroatoms. The van der Waals surface area contributed by atoms with Crippen molar-refractivity contribution in [3.8, 4) is 0 Å². The molecule has 6 nitrogen and oxygen atoms in total. The molecule has 0 aromatic carbocycles. The Hall–Kier alpha value is -1.30. The van der Waals surface area contributed by atoms with Crippen molar-refractivity contribution in [2.24, 2.45) is 28.3 Å². The normalized spacial score (nSPS) is 45.1. The summed E-state index contributed by atoms with van der Waals surface area (Å²) in [5.41, 5.74) is 0.392. The number of carbonyl (C=O) groups is 1. The Labute approximate surface area is 150 Å². The topological polar surface area (TPSA) is 48.4 Å². The SMILES string of the molecule is CCOC(=O)N1CCC2(CC(N3C[C@@H]4[C@H](C3)[C@H]4C3CC=NN3C)C2)C1. The van der Waals surface area contributed by atoms with Crippen LogP contribution in [0.15, 0.2) is 5.10 Å². The minimum Gasteiger partial charge on any atom is -0.450 e. The second-order valence-electron chi connectivity index (χ2n) is 8.97. The molecule has 1 spiro atoms. The molecule has 4 fully saturated rings. The number of nitrogens with zero attached hydrogens (tertiary/aromatic N) is 4. The fourth-order valence-corrected chi connectivity index (χ4v) is 6.24. The summed E-state index contributed by atoms with van der Waals surface area (Å²) in [6.07, 6.45) is 6.83. The number of ether oxygens (including phenoxy) is 1. The van der Waals surface area contributed by atoms with Crippen LogP contribution in [0.4, 0.5) is 4.79 Å². The van der Waals surface area contributed by atoms with E-state index in [1.807, 2.05) is 11.8 Å². The number of fused-ring (bicyclic) bond motifs is 1. The lowest BCUT2D eigenvalue weighted by molar-refractivity contribution is 0.00850. The number of likely N-dealkylation sites (tertiary alicyclic amines) is 2. The van der Waals surface area contributed by atoms with Gasteiger partial charge in [-0.15, -0.1) is 0 Å². The van der Waals surface area contributed by atoms with Crippen LogP contribution in [0.25, 0.3) is 0 Å². The number of rotatable bonds is 3. The largest absolute Gasteiger partial charge is 0.450 e. The lowest BCUT2D eigenvalue weighted by Crippen LogP contribution is -2.52. The van der Waals surface area contributed by atoms with Gasteiger partial charge in [0.1, 0.15) is 0 Å². The first-order valence-corrected chi connectivity index (χ1v) is 10.0. The first-order chi connectivity index (χ1) is 12.1. The van der Waals surface area contributed by atoms with Crippen LogP contribution in [0.5, 0.6) is 0 Å². The van der Waals surface area contributed by atoms with Crippen LogP contribution in [-0.2, 0) is 4.74 Å². The van der Waals surface area contributed by atoms with Crippen LogP contribution in [0.3, 0.4) is 0 Å². The average molecular weight is 346 g/mol. The second kappa shape index (κ2) is 5.60. The number of piperidine rings is 1. The molecular weight excluding hydrogens is 316 g/mol. The van der Waals surface area contributed by atoms with Crippen molar-refractivity contribution in [2.75, 3.05) is 39.8 Å². The molecule has 5 rings (SSSR count). The van der Waals surface area contributed by atoms with Gasteiger partial charge < -0.3 is 9.64 Å². The molecule has 0 aromatic rings. The van der Waals surface area contributed by atoms with E-state index in [2.05, 4.69) is 28.3 Å². The molecule has 4 atom stereocenters. The van der Waals surface area contributed by atoms with Crippen LogP contribution in [-0.4, -0.2) is 79.0 Å². The zero-order valence-electron chi connectivity index (χ0n) is 15.4. The molecule has 0 bridgehead atoms. The summed E-state index contributed by atoms with van der Waals surface area (Å²) in [6, 6.07) is 1.42. The molecule has 1 unspecified atom stereocenters. The summed E-state index contributed by atoms with van der Waals surface area (Å²) in [5.74, 6) is 2.69. The van der Waals surface area contributed by atoms with E-state index in [4.69, 9.17) is 4.74 Å². The van der Waals surface area contributed by atoms with Gasteiger partial charge in [-0.1, -0.05) is 0 Å². The highest BCUT2D eigenvalue weighted by Crippen LogP contribution is 2.59. The highest BCUT2D eigenvalue weighted by atomic mass is 16.6. The summed E-state index contributed by atoms with van der Waals surface area (Å²) in [5, 5.41) is 6.61. The third kappa shape index (κ3) is 2.47. The minimum absolute atomic E-state index is 0.115. The molecule has 0 radical (unpaired) electrons. The lowest BCUT2D eigenvalue weighted by Gasteiger charge is -2.49. The number of carbonyl (C=O) groups excluding carboxylic acids is 1. The molecule has 3 aliphatic heterocycles. The van der Waals surface area contributed by atoms with Crippen LogP contribution in [0, 0.1) is 23.2 Å². The van der Waals surface area contributed by atoms with Gasteiger partial charge in [0.25, 0.3) is 0 Å². The summed E-state index contributed by atoms with van der Waals surface area (Å²) in [4.78, 5) is 16.6. The smallest absolute Gasteiger partial charge is 0.409 e. The standard InChI is InChI=1S/C19H30N4O2/c1-3-25-18(24)22-7-5-19(12-22)8-13(9-19)23-10-14-15(11-23)17(14)16-4-6-20-21(16)2/h6,13-17H,3-5,7-12H2,1-2H3/t13?,14-,15+,16?,17+,19?. The predicted molar refractivity (Wildman–Crippen MR) is 95.4 cm³/mol. The van der Waals surface area contributed by atoms with Crippen LogP contribution >= 0.6 is 0 Å². The summed E-state index contributed by atoms with van der Waals surface area (Å²) in [6.45, 7) is 6.74. The number of hydrogen-bond donors (Lipinski definition) is 0. The molecule has 0 N–H and O–H groups in total. The van der Waals surface area contributed by atoms with Gasteiger partial charge >= 0.3 is 6.09 Å². The zero-order chi connectivity index (χ0) is 17.2. The Balaban J connectivity index is 1.10. The van der Waals surface area contributed by atoms with E-state index in [1.165, 1.54) is 25.9 Å². The van der Waals surface area contributed by atoms with E-state index < -0.39 is 0 Å². The fraction of sp³-hybridized carbons (Fsp3) is 0.895. The zero-order valence-corrected chi connectivity index (χ0v) is 15.4. The molecule has 5 aliphatic rings. The maximum atomic E-state index is 11.9. The van der Waals surface area contributed by atoms with Gasteiger partial charge in [0.2, 0.25) is 0 Å². The quantitative estimate of drug-likeness (QED) is 0.783. The molecule has 25 heavy (non-hydrogen) atoms. The van der Waals surface area contributed by atoms with Crippen LogP contribution < -0.4 is 0 Å². The van der Waals surface area contributed by atoms with Crippen LogP contribution in [0.1, 0.15) is 32.6 Å². The van der Waals surface area contributed by atoms with E-state index in [0.717, 1.165) is 49.7 Å². The van der Waals surface area contributed by atoms with E-state index >= 15 is 0 Å². The predicted octanol–water partition coefficient (Wildman–Crippen LogP) is 1.87. The third-order valence-electron chi connectivity index (χ3n) is 7.64. The van der Waals surface area contributed by atoms with E-state index in [-0.39, 0.29) is 6.09 Å². The maximum absolute atomic E-state index is 11.9. The first-order valence-electron chi connectivity index (χ1n) is 10.0. The Kier molecular flexibility index (Phi) is 3.56. The monoisotopic (exact) mass is 346 g/mol. The third-order valence-corrected chi connectivity index (χ3v) is 7.64. The van der Waals surface area contributed by atoms with Crippen molar-refractivity contribution in [3.63, 3.8) is 0 Å². The van der Waals surface area contributed by atoms with Gasteiger partial charge in [0.15, 0.2) is 0 Å². The Morgan fingerprint density at radius 1 is 1.32 bits per heavy atom. The number of hydrazone groups is 1. The van der Waals surface area contributed by atoms with Crippen LogP contribution in [0.2, 0.25) is 0 Å². The highest BCUT2D eigenvalue weighted by molar-refractivity contribution is 5.68. The van der Waals surface area contributed by atoms with Crippen molar-refractivity contribution in [1.29, 1.82) is 0 Å². The molecule has 3 heterocycles. The second-order valence-corrected chi connectivity index (χ2v) is 8.97. The summed E-state index contributed by atoms with van der Waals surface area (Å²) < 4.78 is 5.17. The molecule has 1 amide bonds. The van der Waals surface area contributed by atoms with Gasteiger partial charge in [0.05, 0.1) is 12.6 Å². The fourth-order valence-electron chi connectivity index (χ4n) is 6.24. The van der Waals surface area contributed by atoms with Crippen molar-refractivity contribution in [2.45, 2.75) is 44.7 Å². The highest BCUT2D eigenvalue weighted by Gasteiger charge is 2.62. The van der Waals surface area contributed by atoms with E-state index in [1.54, 1.807) is 0 Å². The van der Waals surface area contributed by atoms with Gasteiger partial charge in [-0.25, -0.2) is 4.79 Å². The number of hydrogen-bond acceptors (Lipinski definition) is 5. The molecular formula is C19H30N4O2. The molecule has 0 aromatic heterocycles. The van der Waals surface area contributed by atoms with Crippen molar-refractivity contribution in [1.82, 2.24) is 14.8 Å².